The lowest BCUT2D eigenvalue weighted by molar-refractivity contribution is 0.204. The van der Waals surface area contributed by atoms with E-state index < -0.39 is 0 Å². The van der Waals surface area contributed by atoms with Crippen LogP contribution < -0.4 is 4.74 Å². The van der Waals surface area contributed by atoms with E-state index in [1.807, 2.05) is 24.3 Å². The van der Waals surface area contributed by atoms with Crippen molar-refractivity contribution in [3.63, 3.8) is 0 Å². The van der Waals surface area contributed by atoms with Crippen LogP contribution in [0.3, 0.4) is 0 Å². The van der Waals surface area contributed by atoms with Crippen molar-refractivity contribution >= 4 is 22.9 Å². The third-order valence-electron chi connectivity index (χ3n) is 2.59. The summed E-state index contributed by atoms with van der Waals surface area (Å²) < 4.78 is 6.06. The van der Waals surface area contributed by atoms with Gasteiger partial charge in [-0.25, -0.2) is 0 Å². The second kappa shape index (κ2) is 6.08. The molecular formula is C14H15ClOS. The standard InChI is InChI=1S/C14H15ClOS/c1-11-5-2-3-6-12(11)16-13(8-9-15)14-7-4-10-17-14/h2-7,10,13H,8-9H2,1H3. The van der Waals surface area contributed by atoms with Crippen LogP contribution in [0.4, 0.5) is 0 Å². The fourth-order valence-electron chi connectivity index (χ4n) is 1.67. The van der Waals surface area contributed by atoms with Crippen molar-refractivity contribution in [2.45, 2.75) is 19.4 Å². The number of aryl methyl sites for hydroxylation is 1. The number of halogens is 1. The molecule has 1 nitrogen and oxygen atoms in total. The van der Waals surface area contributed by atoms with Crippen LogP contribution in [0.25, 0.3) is 0 Å². The fraction of sp³-hybridized carbons (Fsp3) is 0.286. The number of benzene rings is 1. The highest BCUT2D eigenvalue weighted by Gasteiger charge is 2.14. The van der Waals surface area contributed by atoms with E-state index in [1.165, 1.54) is 4.88 Å². The van der Waals surface area contributed by atoms with Gasteiger partial charge in [0, 0.05) is 17.2 Å². The van der Waals surface area contributed by atoms with Crippen LogP contribution in [-0.4, -0.2) is 5.88 Å². The molecule has 0 aliphatic carbocycles. The Morgan fingerprint density at radius 2 is 2.06 bits per heavy atom. The van der Waals surface area contributed by atoms with Crippen molar-refractivity contribution in [3.05, 3.63) is 52.2 Å². The summed E-state index contributed by atoms with van der Waals surface area (Å²) in [6.07, 6.45) is 0.893. The lowest BCUT2D eigenvalue weighted by Gasteiger charge is -2.18. The summed E-state index contributed by atoms with van der Waals surface area (Å²) in [6.45, 7) is 2.06. The van der Waals surface area contributed by atoms with Crippen molar-refractivity contribution in [3.8, 4) is 5.75 Å². The average molecular weight is 267 g/mol. The SMILES string of the molecule is Cc1ccccc1OC(CCCl)c1cccs1. The predicted molar refractivity (Wildman–Crippen MR) is 74.2 cm³/mol. The van der Waals surface area contributed by atoms with E-state index in [0.29, 0.717) is 5.88 Å². The van der Waals surface area contributed by atoms with Gasteiger partial charge in [-0.15, -0.1) is 22.9 Å². The van der Waals surface area contributed by atoms with E-state index in [4.69, 9.17) is 16.3 Å². The Morgan fingerprint density at radius 1 is 1.24 bits per heavy atom. The lowest BCUT2D eigenvalue weighted by Crippen LogP contribution is -2.07. The van der Waals surface area contributed by atoms with Crippen LogP contribution in [0.5, 0.6) is 5.75 Å². The topological polar surface area (TPSA) is 9.23 Å². The Morgan fingerprint density at radius 3 is 2.71 bits per heavy atom. The summed E-state index contributed by atoms with van der Waals surface area (Å²) in [5, 5.41) is 2.07. The van der Waals surface area contributed by atoms with E-state index in [1.54, 1.807) is 11.3 Å². The van der Waals surface area contributed by atoms with Gasteiger partial charge in [0.2, 0.25) is 0 Å². The summed E-state index contributed by atoms with van der Waals surface area (Å²) in [4.78, 5) is 1.23. The molecule has 2 aromatic rings. The van der Waals surface area contributed by atoms with E-state index in [-0.39, 0.29) is 6.10 Å². The molecule has 1 aromatic carbocycles. The number of ether oxygens (including phenoxy) is 1. The summed E-state index contributed by atoms with van der Waals surface area (Å²) in [5.74, 6) is 1.55. The minimum atomic E-state index is 0.0635. The highest BCUT2D eigenvalue weighted by Crippen LogP contribution is 2.29. The number of hydrogen-bond acceptors (Lipinski definition) is 2. The molecule has 0 radical (unpaired) electrons. The van der Waals surface area contributed by atoms with Crippen LogP contribution in [0.15, 0.2) is 41.8 Å². The Hall–Kier alpha value is -0.990. The third kappa shape index (κ3) is 3.24. The zero-order valence-corrected chi connectivity index (χ0v) is 11.3. The number of alkyl halides is 1. The molecule has 0 aliphatic rings. The van der Waals surface area contributed by atoms with Crippen molar-refractivity contribution < 1.29 is 4.74 Å². The molecule has 0 fully saturated rings. The second-order valence-electron chi connectivity index (χ2n) is 3.87. The van der Waals surface area contributed by atoms with Gasteiger partial charge in [0.1, 0.15) is 11.9 Å². The summed E-state index contributed by atoms with van der Waals surface area (Å²) in [5.41, 5.74) is 1.16. The van der Waals surface area contributed by atoms with E-state index in [0.717, 1.165) is 17.7 Å². The van der Waals surface area contributed by atoms with Crippen molar-refractivity contribution in [2.24, 2.45) is 0 Å². The fourth-order valence-corrected chi connectivity index (χ4v) is 2.66. The first-order valence-corrected chi connectivity index (χ1v) is 7.04. The monoisotopic (exact) mass is 266 g/mol. The zero-order valence-electron chi connectivity index (χ0n) is 9.73. The maximum absolute atomic E-state index is 6.06. The van der Waals surface area contributed by atoms with Gasteiger partial charge < -0.3 is 4.74 Å². The predicted octanol–water partition coefficient (Wildman–Crippen LogP) is 4.81. The molecule has 0 amide bonds. The molecule has 0 saturated carbocycles. The van der Waals surface area contributed by atoms with E-state index in [9.17, 15) is 0 Å². The molecule has 0 saturated heterocycles. The first-order chi connectivity index (χ1) is 8.31. The summed E-state index contributed by atoms with van der Waals surface area (Å²) in [6, 6.07) is 12.2. The molecule has 1 unspecified atom stereocenters. The van der Waals surface area contributed by atoms with Crippen molar-refractivity contribution in [2.75, 3.05) is 5.88 Å². The number of thiophene rings is 1. The molecule has 17 heavy (non-hydrogen) atoms. The first kappa shape index (κ1) is 12.5. The van der Waals surface area contributed by atoms with Gasteiger partial charge in [0.15, 0.2) is 0 Å². The lowest BCUT2D eigenvalue weighted by atomic mass is 10.2. The Balaban J connectivity index is 2.16. The average Bonchev–Trinajstić information content (AvgIpc) is 2.85. The van der Waals surface area contributed by atoms with Gasteiger partial charge >= 0.3 is 0 Å². The minimum Gasteiger partial charge on any atom is -0.485 e. The van der Waals surface area contributed by atoms with Gasteiger partial charge in [0.05, 0.1) is 0 Å². The zero-order chi connectivity index (χ0) is 12.1. The van der Waals surface area contributed by atoms with Crippen molar-refractivity contribution in [1.29, 1.82) is 0 Å². The van der Waals surface area contributed by atoms with Crippen LogP contribution >= 0.6 is 22.9 Å². The summed E-state index contributed by atoms with van der Waals surface area (Å²) in [7, 11) is 0. The molecular weight excluding hydrogens is 252 g/mol. The van der Waals surface area contributed by atoms with Crippen LogP contribution in [0.1, 0.15) is 23.0 Å². The minimum absolute atomic E-state index is 0.0635. The first-order valence-electron chi connectivity index (χ1n) is 5.63. The van der Waals surface area contributed by atoms with Gasteiger partial charge in [-0.1, -0.05) is 24.3 Å². The number of hydrogen-bond donors (Lipinski definition) is 0. The van der Waals surface area contributed by atoms with Crippen LogP contribution in [0.2, 0.25) is 0 Å². The normalized spacial score (nSPS) is 12.4. The van der Waals surface area contributed by atoms with Crippen LogP contribution in [-0.2, 0) is 0 Å². The molecule has 0 spiro atoms. The number of para-hydroxylation sites is 1. The van der Waals surface area contributed by atoms with Gasteiger partial charge in [-0.05, 0) is 30.0 Å². The van der Waals surface area contributed by atoms with Gasteiger partial charge in [-0.3, -0.25) is 0 Å². The third-order valence-corrected chi connectivity index (χ3v) is 3.78. The maximum Gasteiger partial charge on any atom is 0.134 e. The van der Waals surface area contributed by atoms with Crippen LogP contribution in [0, 0.1) is 6.92 Å². The molecule has 1 aromatic heterocycles. The summed E-state index contributed by atoms with van der Waals surface area (Å²) >= 11 is 7.56. The van der Waals surface area contributed by atoms with E-state index in [2.05, 4.69) is 24.4 Å². The van der Waals surface area contributed by atoms with E-state index >= 15 is 0 Å². The Kier molecular flexibility index (Phi) is 4.46. The molecule has 0 aliphatic heterocycles. The molecule has 0 N–H and O–H groups in total. The highest BCUT2D eigenvalue weighted by molar-refractivity contribution is 7.10. The number of rotatable bonds is 5. The largest absolute Gasteiger partial charge is 0.485 e. The molecule has 1 heterocycles. The van der Waals surface area contributed by atoms with Gasteiger partial charge in [-0.2, -0.15) is 0 Å². The molecule has 1 atom stereocenters. The molecule has 2 rings (SSSR count). The van der Waals surface area contributed by atoms with Gasteiger partial charge in [0.25, 0.3) is 0 Å². The van der Waals surface area contributed by atoms with Crippen molar-refractivity contribution in [1.82, 2.24) is 0 Å². The Bertz CT molecular complexity index is 453. The second-order valence-corrected chi connectivity index (χ2v) is 5.22. The molecule has 0 bridgehead atoms. The molecule has 3 heteroatoms. The highest BCUT2D eigenvalue weighted by atomic mass is 35.5. The molecule has 90 valence electrons. The maximum atomic E-state index is 6.06. The smallest absolute Gasteiger partial charge is 0.134 e. The quantitative estimate of drug-likeness (QED) is 0.706. The Labute approximate surface area is 111 Å².